The molecule has 74 valence electrons. The molecular formula is C12H20O. The van der Waals surface area contributed by atoms with Crippen molar-refractivity contribution >= 4 is 0 Å². The smallest absolute Gasteiger partial charge is 0.0648 e. The zero-order valence-corrected chi connectivity index (χ0v) is 8.71. The lowest BCUT2D eigenvalue weighted by molar-refractivity contribution is -0.0851. The monoisotopic (exact) mass is 180 g/mol. The molecule has 4 aliphatic carbocycles. The van der Waals surface area contributed by atoms with E-state index in [1.807, 2.05) is 13.8 Å². The molecule has 0 aromatic rings. The highest BCUT2D eigenvalue weighted by Gasteiger charge is 2.60. The average Bonchev–Trinajstić information content (AvgIpc) is 2.37. The summed E-state index contributed by atoms with van der Waals surface area (Å²) in [6, 6.07) is 0. The largest absolute Gasteiger partial charge is 0.390 e. The SMILES string of the molecule is CC(C)(O)C12CC3CC(C1)C(C3)C2. The maximum atomic E-state index is 10.3. The quantitative estimate of drug-likeness (QED) is 0.657. The molecule has 0 saturated heterocycles. The second kappa shape index (κ2) is 2.13. The van der Waals surface area contributed by atoms with E-state index < -0.39 is 5.60 Å². The van der Waals surface area contributed by atoms with Crippen LogP contribution in [0.3, 0.4) is 0 Å². The normalized spacial score (nSPS) is 53.3. The van der Waals surface area contributed by atoms with Crippen LogP contribution in [-0.4, -0.2) is 10.7 Å². The summed E-state index contributed by atoms with van der Waals surface area (Å²) in [7, 11) is 0. The van der Waals surface area contributed by atoms with Crippen LogP contribution in [0, 0.1) is 23.2 Å². The Hall–Kier alpha value is -0.0400. The molecule has 4 saturated carbocycles. The van der Waals surface area contributed by atoms with E-state index in [-0.39, 0.29) is 0 Å². The molecule has 4 rings (SSSR count). The zero-order valence-electron chi connectivity index (χ0n) is 8.71. The molecule has 0 aromatic heterocycles. The Bertz CT molecular complexity index is 218. The minimum absolute atomic E-state index is 0.309. The van der Waals surface area contributed by atoms with Gasteiger partial charge in [-0.3, -0.25) is 0 Å². The third kappa shape index (κ3) is 0.918. The van der Waals surface area contributed by atoms with Gasteiger partial charge in [0.25, 0.3) is 0 Å². The lowest BCUT2D eigenvalue weighted by Gasteiger charge is -2.46. The fourth-order valence-electron chi connectivity index (χ4n) is 4.56. The van der Waals surface area contributed by atoms with Crippen molar-refractivity contribution in [3.05, 3.63) is 0 Å². The van der Waals surface area contributed by atoms with Crippen molar-refractivity contribution in [1.82, 2.24) is 0 Å². The first-order chi connectivity index (χ1) is 6.00. The van der Waals surface area contributed by atoms with Gasteiger partial charge in [-0.05, 0) is 69.1 Å². The van der Waals surface area contributed by atoms with Gasteiger partial charge in [0.2, 0.25) is 0 Å². The molecule has 4 aliphatic rings. The number of hydrogen-bond donors (Lipinski definition) is 1. The Morgan fingerprint density at radius 1 is 1.08 bits per heavy atom. The standard InChI is InChI=1S/C12H20O/c1-11(2,13)12-5-8-3-9(6-12)10(4-8)7-12/h8-10,13H,3-7H2,1-2H3. The number of aliphatic hydroxyl groups is 1. The van der Waals surface area contributed by atoms with Crippen molar-refractivity contribution in [2.45, 2.75) is 51.6 Å². The van der Waals surface area contributed by atoms with Crippen molar-refractivity contribution in [2.24, 2.45) is 23.2 Å². The minimum atomic E-state index is -0.431. The predicted molar refractivity (Wildman–Crippen MR) is 52.3 cm³/mol. The van der Waals surface area contributed by atoms with Crippen molar-refractivity contribution in [3.8, 4) is 0 Å². The van der Waals surface area contributed by atoms with E-state index in [1.54, 1.807) is 0 Å². The summed E-state index contributed by atoms with van der Waals surface area (Å²) in [5, 5.41) is 10.3. The summed E-state index contributed by atoms with van der Waals surface area (Å²) in [5.41, 5.74) is -0.122. The summed E-state index contributed by atoms with van der Waals surface area (Å²) in [4.78, 5) is 0. The molecule has 0 aliphatic heterocycles. The molecule has 0 amide bonds. The highest BCUT2D eigenvalue weighted by molar-refractivity contribution is 5.10. The van der Waals surface area contributed by atoms with E-state index >= 15 is 0 Å². The molecule has 13 heavy (non-hydrogen) atoms. The van der Waals surface area contributed by atoms with Gasteiger partial charge in [0.1, 0.15) is 0 Å². The van der Waals surface area contributed by atoms with Gasteiger partial charge >= 0.3 is 0 Å². The van der Waals surface area contributed by atoms with E-state index in [0.29, 0.717) is 5.41 Å². The maximum absolute atomic E-state index is 10.3. The van der Waals surface area contributed by atoms with Gasteiger partial charge in [0.05, 0.1) is 5.60 Å². The molecular weight excluding hydrogens is 160 g/mol. The first-order valence-electron chi connectivity index (χ1n) is 5.73. The fraction of sp³-hybridized carbons (Fsp3) is 1.00. The Labute approximate surface area is 80.5 Å². The molecule has 0 heterocycles. The fourth-order valence-corrected chi connectivity index (χ4v) is 4.56. The van der Waals surface area contributed by atoms with Gasteiger partial charge in [0, 0.05) is 0 Å². The molecule has 2 atom stereocenters. The van der Waals surface area contributed by atoms with Gasteiger partial charge in [-0.1, -0.05) is 0 Å². The Morgan fingerprint density at radius 2 is 1.62 bits per heavy atom. The van der Waals surface area contributed by atoms with Crippen molar-refractivity contribution in [3.63, 3.8) is 0 Å². The van der Waals surface area contributed by atoms with Crippen LogP contribution < -0.4 is 0 Å². The second-order valence-electron chi connectivity index (χ2n) is 6.31. The van der Waals surface area contributed by atoms with Crippen LogP contribution >= 0.6 is 0 Å². The second-order valence-corrected chi connectivity index (χ2v) is 6.31. The molecule has 2 unspecified atom stereocenters. The Morgan fingerprint density at radius 3 is 2.00 bits per heavy atom. The minimum Gasteiger partial charge on any atom is -0.390 e. The highest BCUT2D eigenvalue weighted by Crippen LogP contribution is 2.67. The van der Waals surface area contributed by atoms with Crippen LogP contribution in [0.2, 0.25) is 0 Å². The molecule has 1 N–H and O–H groups in total. The van der Waals surface area contributed by atoms with Crippen molar-refractivity contribution < 1.29 is 5.11 Å². The summed E-state index contributed by atoms with van der Waals surface area (Å²) in [5.74, 6) is 2.92. The first-order valence-corrected chi connectivity index (χ1v) is 5.73. The molecule has 0 aromatic carbocycles. The molecule has 4 fully saturated rings. The van der Waals surface area contributed by atoms with E-state index in [1.165, 1.54) is 32.1 Å². The van der Waals surface area contributed by atoms with Crippen LogP contribution in [0.5, 0.6) is 0 Å². The van der Waals surface area contributed by atoms with Gasteiger partial charge in [-0.15, -0.1) is 0 Å². The number of hydrogen-bond acceptors (Lipinski definition) is 1. The molecule has 0 radical (unpaired) electrons. The van der Waals surface area contributed by atoms with E-state index in [0.717, 1.165) is 17.8 Å². The van der Waals surface area contributed by atoms with Gasteiger partial charge in [0.15, 0.2) is 0 Å². The van der Waals surface area contributed by atoms with Crippen LogP contribution in [0.1, 0.15) is 46.0 Å². The topological polar surface area (TPSA) is 20.2 Å². The van der Waals surface area contributed by atoms with Crippen LogP contribution in [0.15, 0.2) is 0 Å². The summed E-state index contributed by atoms with van der Waals surface area (Å²) in [6.07, 6.45) is 6.89. The van der Waals surface area contributed by atoms with Gasteiger partial charge in [-0.2, -0.15) is 0 Å². The lowest BCUT2D eigenvalue weighted by Crippen LogP contribution is -2.45. The van der Waals surface area contributed by atoms with Crippen LogP contribution in [-0.2, 0) is 0 Å². The number of rotatable bonds is 1. The van der Waals surface area contributed by atoms with E-state index in [4.69, 9.17) is 0 Å². The van der Waals surface area contributed by atoms with E-state index in [9.17, 15) is 5.11 Å². The Kier molecular flexibility index (Phi) is 1.36. The summed E-state index contributed by atoms with van der Waals surface area (Å²) in [6.45, 7) is 4.06. The molecule has 4 bridgehead atoms. The van der Waals surface area contributed by atoms with E-state index in [2.05, 4.69) is 0 Å². The van der Waals surface area contributed by atoms with Crippen LogP contribution in [0.25, 0.3) is 0 Å². The molecule has 1 nitrogen and oxygen atoms in total. The van der Waals surface area contributed by atoms with Gasteiger partial charge in [-0.25, -0.2) is 0 Å². The first kappa shape index (κ1) is 8.28. The summed E-state index contributed by atoms with van der Waals surface area (Å²) < 4.78 is 0. The highest BCUT2D eigenvalue weighted by atomic mass is 16.3. The average molecular weight is 180 g/mol. The predicted octanol–water partition coefficient (Wildman–Crippen LogP) is 2.58. The Balaban J connectivity index is 1.96. The summed E-state index contributed by atoms with van der Waals surface area (Å²) >= 11 is 0. The maximum Gasteiger partial charge on any atom is 0.0648 e. The van der Waals surface area contributed by atoms with Crippen molar-refractivity contribution in [1.29, 1.82) is 0 Å². The van der Waals surface area contributed by atoms with Crippen LogP contribution in [0.4, 0.5) is 0 Å². The lowest BCUT2D eigenvalue weighted by atomic mass is 9.61. The third-order valence-electron chi connectivity index (χ3n) is 5.22. The zero-order chi connectivity index (χ0) is 9.27. The van der Waals surface area contributed by atoms with Gasteiger partial charge < -0.3 is 5.11 Å². The molecule has 0 spiro atoms. The third-order valence-corrected chi connectivity index (χ3v) is 5.22. The molecule has 1 heteroatoms. The van der Waals surface area contributed by atoms with Crippen molar-refractivity contribution in [2.75, 3.05) is 0 Å².